The molecule has 0 saturated heterocycles. The summed E-state index contributed by atoms with van der Waals surface area (Å²) in [6, 6.07) is 17.0. The van der Waals surface area contributed by atoms with Crippen LogP contribution in [0.15, 0.2) is 54.6 Å². The van der Waals surface area contributed by atoms with Crippen LogP contribution in [-0.4, -0.2) is 42.5 Å². The van der Waals surface area contributed by atoms with Gasteiger partial charge in [0.15, 0.2) is 6.61 Å². The third-order valence-corrected chi connectivity index (χ3v) is 3.76. The van der Waals surface area contributed by atoms with Crippen LogP contribution < -0.4 is 14.8 Å². The molecule has 2 rings (SSSR count). The molecule has 0 aliphatic heterocycles. The lowest BCUT2D eigenvalue weighted by atomic mass is 10.1. The number of carbonyl (C=O) groups is 2. The van der Waals surface area contributed by atoms with Gasteiger partial charge in [0.2, 0.25) is 5.91 Å². The molecule has 0 saturated carbocycles. The Hall–Kier alpha value is -3.02. The fourth-order valence-corrected chi connectivity index (χ4v) is 2.39. The summed E-state index contributed by atoms with van der Waals surface area (Å²) in [4.78, 5) is 25.4. The predicted molar refractivity (Wildman–Crippen MR) is 108 cm³/mol. The first kappa shape index (κ1) is 21.3. The van der Waals surface area contributed by atoms with Gasteiger partial charge in [-0.25, -0.2) is 0 Å². The van der Waals surface area contributed by atoms with Crippen LogP contribution >= 0.6 is 0 Å². The van der Waals surface area contributed by atoms with Crippen molar-refractivity contribution >= 4 is 11.8 Å². The second-order valence-corrected chi connectivity index (χ2v) is 7.58. The van der Waals surface area contributed by atoms with Crippen molar-refractivity contribution in [3.63, 3.8) is 0 Å². The highest BCUT2D eigenvalue weighted by Crippen LogP contribution is 2.18. The van der Waals surface area contributed by atoms with Crippen LogP contribution in [0.3, 0.4) is 0 Å². The number of amides is 2. The summed E-state index contributed by atoms with van der Waals surface area (Å²) in [7, 11) is 1.58. The lowest BCUT2D eigenvalue weighted by Gasteiger charge is -2.23. The minimum absolute atomic E-state index is 0.00821. The first-order chi connectivity index (χ1) is 13.2. The topological polar surface area (TPSA) is 67.9 Å². The molecule has 2 amide bonds. The zero-order valence-corrected chi connectivity index (χ0v) is 16.9. The highest BCUT2D eigenvalue weighted by atomic mass is 16.5. The van der Waals surface area contributed by atoms with E-state index in [-0.39, 0.29) is 30.5 Å². The Morgan fingerprint density at radius 1 is 0.929 bits per heavy atom. The molecule has 2 aromatic carbocycles. The Labute approximate surface area is 166 Å². The van der Waals surface area contributed by atoms with Crippen molar-refractivity contribution in [2.24, 2.45) is 0 Å². The summed E-state index contributed by atoms with van der Waals surface area (Å²) in [5.41, 5.74) is 0.758. The van der Waals surface area contributed by atoms with Crippen molar-refractivity contribution < 1.29 is 19.1 Å². The van der Waals surface area contributed by atoms with Crippen LogP contribution in [-0.2, 0) is 16.2 Å². The number of nitrogens with one attached hydrogen (secondary N) is 1. The van der Waals surface area contributed by atoms with E-state index in [1.165, 1.54) is 4.90 Å². The molecule has 0 aliphatic carbocycles. The largest absolute Gasteiger partial charge is 0.489 e. The molecule has 0 fully saturated rings. The summed E-state index contributed by atoms with van der Waals surface area (Å²) in [6.07, 6.45) is 0. The van der Waals surface area contributed by atoms with E-state index in [1.807, 2.05) is 51.1 Å². The molecule has 0 radical (unpaired) electrons. The predicted octanol–water partition coefficient (Wildman–Crippen LogP) is 3.02. The van der Waals surface area contributed by atoms with Gasteiger partial charge in [0.25, 0.3) is 5.91 Å². The average molecular weight is 384 g/mol. The summed E-state index contributed by atoms with van der Waals surface area (Å²) in [5, 5.41) is 2.82. The van der Waals surface area contributed by atoms with E-state index in [1.54, 1.807) is 31.3 Å². The Morgan fingerprint density at radius 2 is 1.50 bits per heavy atom. The fraction of sp³-hybridized carbons (Fsp3) is 0.364. The molecule has 0 atom stereocenters. The molecule has 150 valence electrons. The van der Waals surface area contributed by atoms with Crippen LogP contribution in [0.2, 0.25) is 0 Å². The van der Waals surface area contributed by atoms with Crippen molar-refractivity contribution in [2.75, 3.05) is 20.2 Å². The molecule has 0 heterocycles. The standard InChI is InChI=1S/C22H28N2O4/c1-22(2,3)23-20(25)14-24(4)21(26)16-28-19-12-10-18(11-13-19)27-15-17-8-6-5-7-9-17/h5-13H,14-16H2,1-4H3,(H,23,25). The van der Waals surface area contributed by atoms with E-state index in [9.17, 15) is 9.59 Å². The summed E-state index contributed by atoms with van der Waals surface area (Å²) in [5.74, 6) is 0.809. The number of benzene rings is 2. The normalized spacial score (nSPS) is 10.9. The maximum atomic E-state index is 12.1. The maximum absolute atomic E-state index is 12.1. The van der Waals surface area contributed by atoms with E-state index in [0.29, 0.717) is 12.4 Å². The minimum Gasteiger partial charge on any atom is -0.489 e. The van der Waals surface area contributed by atoms with E-state index in [0.717, 1.165) is 11.3 Å². The van der Waals surface area contributed by atoms with Crippen LogP contribution in [0.4, 0.5) is 0 Å². The molecular weight excluding hydrogens is 356 g/mol. The van der Waals surface area contributed by atoms with Crippen molar-refractivity contribution in [1.29, 1.82) is 0 Å². The highest BCUT2D eigenvalue weighted by molar-refractivity contribution is 5.85. The lowest BCUT2D eigenvalue weighted by Crippen LogP contribution is -2.47. The SMILES string of the molecule is CN(CC(=O)NC(C)(C)C)C(=O)COc1ccc(OCc2ccccc2)cc1. The second-order valence-electron chi connectivity index (χ2n) is 7.58. The van der Waals surface area contributed by atoms with Crippen LogP contribution in [0.1, 0.15) is 26.3 Å². The second kappa shape index (κ2) is 9.78. The van der Waals surface area contributed by atoms with Gasteiger partial charge in [-0.2, -0.15) is 0 Å². The molecule has 2 aromatic rings. The molecule has 0 aromatic heterocycles. The first-order valence-electron chi connectivity index (χ1n) is 9.17. The van der Waals surface area contributed by atoms with E-state index in [4.69, 9.17) is 9.47 Å². The van der Waals surface area contributed by atoms with Gasteiger partial charge in [-0.3, -0.25) is 9.59 Å². The fourth-order valence-electron chi connectivity index (χ4n) is 2.39. The van der Waals surface area contributed by atoms with Gasteiger partial charge in [-0.05, 0) is 50.6 Å². The molecule has 0 bridgehead atoms. The van der Waals surface area contributed by atoms with Gasteiger partial charge in [-0.1, -0.05) is 30.3 Å². The first-order valence-corrected chi connectivity index (χ1v) is 9.17. The van der Waals surface area contributed by atoms with Gasteiger partial charge in [-0.15, -0.1) is 0 Å². The van der Waals surface area contributed by atoms with E-state index >= 15 is 0 Å². The Kier molecular flexibility index (Phi) is 7.44. The van der Waals surface area contributed by atoms with Crippen molar-refractivity contribution in [2.45, 2.75) is 32.9 Å². The van der Waals surface area contributed by atoms with Gasteiger partial charge in [0, 0.05) is 12.6 Å². The van der Waals surface area contributed by atoms with Crippen LogP contribution in [0.5, 0.6) is 11.5 Å². The molecule has 0 aliphatic rings. The molecule has 6 heteroatoms. The lowest BCUT2D eigenvalue weighted by molar-refractivity contribution is -0.136. The zero-order chi connectivity index (χ0) is 20.6. The molecule has 1 N–H and O–H groups in total. The summed E-state index contributed by atoms with van der Waals surface area (Å²) in [6.45, 7) is 6.02. The van der Waals surface area contributed by atoms with E-state index < -0.39 is 0 Å². The quantitative estimate of drug-likeness (QED) is 0.760. The van der Waals surface area contributed by atoms with Crippen molar-refractivity contribution in [3.8, 4) is 11.5 Å². The minimum atomic E-state index is -0.332. The number of hydrogen-bond acceptors (Lipinski definition) is 4. The highest BCUT2D eigenvalue weighted by Gasteiger charge is 2.18. The molecule has 28 heavy (non-hydrogen) atoms. The number of hydrogen-bond donors (Lipinski definition) is 1. The van der Waals surface area contributed by atoms with Crippen LogP contribution in [0.25, 0.3) is 0 Å². The maximum Gasteiger partial charge on any atom is 0.260 e. The van der Waals surface area contributed by atoms with Gasteiger partial charge < -0.3 is 19.7 Å². The summed E-state index contributed by atoms with van der Waals surface area (Å²) < 4.78 is 11.2. The van der Waals surface area contributed by atoms with Gasteiger partial charge >= 0.3 is 0 Å². The van der Waals surface area contributed by atoms with E-state index in [2.05, 4.69) is 5.32 Å². The van der Waals surface area contributed by atoms with Gasteiger partial charge in [0.1, 0.15) is 18.1 Å². The number of ether oxygens (including phenoxy) is 2. The number of rotatable bonds is 8. The van der Waals surface area contributed by atoms with Gasteiger partial charge in [0.05, 0.1) is 6.54 Å². The molecular formula is C22H28N2O4. The summed E-state index contributed by atoms with van der Waals surface area (Å²) >= 11 is 0. The van der Waals surface area contributed by atoms with Crippen molar-refractivity contribution in [3.05, 3.63) is 60.2 Å². The number of nitrogens with zero attached hydrogens (tertiary/aromatic N) is 1. The smallest absolute Gasteiger partial charge is 0.260 e. The third kappa shape index (κ3) is 7.70. The molecule has 6 nitrogen and oxygen atoms in total. The average Bonchev–Trinajstić information content (AvgIpc) is 2.64. The number of likely N-dealkylation sites (N-methyl/N-ethyl adjacent to an activating group) is 1. The van der Waals surface area contributed by atoms with Crippen LogP contribution in [0, 0.1) is 0 Å². The zero-order valence-electron chi connectivity index (χ0n) is 16.9. The molecule has 0 unspecified atom stereocenters. The Morgan fingerprint density at radius 3 is 2.07 bits per heavy atom. The molecule has 0 spiro atoms. The monoisotopic (exact) mass is 384 g/mol. The van der Waals surface area contributed by atoms with Crippen molar-refractivity contribution in [1.82, 2.24) is 10.2 Å². The Bertz CT molecular complexity index is 767. The third-order valence-electron chi connectivity index (χ3n) is 3.76. The Balaban J connectivity index is 1.76. The number of carbonyl (C=O) groups excluding carboxylic acids is 2.